The van der Waals surface area contributed by atoms with Crippen LogP contribution in [0.1, 0.15) is 11.1 Å². The molecule has 0 atom stereocenters. The summed E-state index contributed by atoms with van der Waals surface area (Å²) < 4.78 is 2.20. The van der Waals surface area contributed by atoms with Gasteiger partial charge in [0.1, 0.15) is 4.70 Å². The first kappa shape index (κ1) is 18.9. The third-order valence-electron chi connectivity index (χ3n) is 4.21. The highest BCUT2D eigenvalue weighted by molar-refractivity contribution is 7.99. The van der Waals surface area contributed by atoms with Crippen LogP contribution in [0.15, 0.2) is 51.2 Å². The average molecular weight is 429 g/mol. The van der Waals surface area contributed by atoms with Crippen molar-refractivity contribution in [3.63, 3.8) is 0 Å². The van der Waals surface area contributed by atoms with Crippen LogP contribution >= 0.6 is 34.4 Å². The van der Waals surface area contributed by atoms with Crippen molar-refractivity contribution in [3.05, 3.63) is 62.7 Å². The first-order valence-corrected chi connectivity index (χ1v) is 11.2. The molecule has 1 amide bonds. The van der Waals surface area contributed by atoms with Crippen molar-refractivity contribution >= 4 is 55.7 Å². The van der Waals surface area contributed by atoms with E-state index in [0.29, 0.717) is 20.5 Å². The molecule has 0 aliphatic rings. The van der Waals surface area contributed by atoms with Crippen molar-refractivity contribution in [1.82, 2.24) is 14.5 Å². The first-order chi connectivity index (χ1) is 13.5. The number of hydrogen-bond donors (Lipinski definition) is 1. The van der Waals surface area contributed by atoms with Gasteiger partial charge in [-0.25, -0.2) is 9.97 Å². The van der Waals surface area contributed by atoms with Crippen LogP contribution in [0.4, 0.5) is 5.13 Å². The van der Waals surface area contributed by atoms with Crippen molar-refractivity contribution in [1.29, 1.82) is 0 Å². The molecule has 28 heavy (non-hydrogen) atoms. The maximum absolute atomic E-state index is 13.1. The Labute approximate surface area is 173 Å². The second-order valence-electron chi connectivity index (χ2n) is 6.11. The number of hydrogen-bond acceptors (Lipinski definition) is 7. The molecule has 0 bridgehead atoms. The Balaban J connectivity index is 1.71. The van der Waals surface area contributed by atoms with E-state index in [1.807, 2.05) is 43.5 Å². The van der Waals surface area contributed by atoms with Crippen LogP contribution < -0.4 is 10.9 Å². The second kappa shape index (κ2) is 7.86. The summed E-state index contributed by atoms with van der Waals surface area (Å²) in [6.45, 7) is 4.04. The fraction of sp³-hybridized carbons (Fsp3) is 0.158. The van der Waals surface area contributed by atoms with Crippen molar-refractivity contribution < 1.29 is 4.79 Å². The summed E-state index contributed by atoms with van der Waals surface area (Å²) in [5, 5.41) is 7.45. The molecule has 3 heterocycles. The molecule has 0 spiro atoms. The van der Waals surface area contributed by atoms with Gasteiger partial charge in [0.15, 0.2) is 10.3 Å². The molecule has 1 N–H and O–H groups in total. The van der Waals surface area contributed by atoms with Crippen LogP contribution in [0.25, 0.3) is 15.9 Å². The number of thiazole rings is 1. The zero-order valence-electron chi connectivity index (χ0n) is 15.1. The van der Waals surface area contributed by atoms with Gasteiger partial charge in [-0.2, -0.15) is 0 Å². The maximum atomic E-state index is 13.1. The number of nitrogens with zero attached hydrogens (tertiary/aromatic N) is 3. The Morgan fingerprint density at radius 3 is 2.79 bits per heavy atom. The molecule has 3 aromatic heterocycles. The summed E-state index contributed by atoms with van der Waals surface area (Å²) in [6, 6.07) is 7.69. The lowest BCUT2D eigenvalue weighted by molar-refractivity contribution is -0.113. The van der Waals surface area contributed by atoms with Gasteiger partial charge in [0.2, 0.25) is 5.91 Å². The van der Waals surface area contributed by atoms with Gasteiger partial charge in [0.05, 0.1) is 17.0 Å². The number of aryl methyl sites for hydroxylation is 2. The minimum atomic E-state index is -0.189. The Kier molecular flexibility index (Phi) is 5.29. The molecule has 0 saturated carbocycles. The Morgan fingerprint density at radius 1 is 1.18 bits per heavy atom. The number of carbonyl (C=O) groups excluding carboxylic acids is 1. The van der Waals surface area contributed by atoms with Gasteiger partial charge in [-0.15, -0.1) is 22.7 Å². The van der Waals surface area contributed by atoms with Crippen LogP contribution in [0, 0.1) is 13.8 Å². The standard InChI is InChI=1S/C19H16N4O2S3/c1-11-3-4-13(9-12(11)2)23-17(25)16-14(5-7-26-16)21-19(23)28-10-15(24)22-18-20-6-8-27-18/h3-9H,10H2,1-2H3,(H,20,22,24). The SMILES string of the molecule is Cc1ccc(-n2c(SCC(=O)Nc3nccs3)nc3ccsc3c2=O)cc1C. The fourth-order valence-electron chi connectivity index (χ4n) is 2.65. The van der Waals surface area contributed by atoms with E-state index in [1.54, 1.807) is 16.1 Å². The minimum Gasteiger partial charge on any atom is -0.301 e. The molecule has 0 unspecified atom stereocenters. The van der Waals surface area contributed by atoms with Crippen LogP contribution in [0.5, 0.6) is 0 Å². The Hall–Kier alpha value is -2.49. The van der Waals surface area contributed by atoms with Gasteiger partial charge in [-0.05, 0) is 48.6 Å². The second-order valence-corrected chi connectivity index (χ2v) is 8.87. The lowest BCUT2D eigenvalue weighted by Gasteiger charge is -2.13. The highest BCUT2D eigenvalue weighted by Gasteiger charge is 2.16. The highest BCUT2D eigenvalue weighted by Crippen LogP contribution is 2.25. The molecule has 4 rings (SSSR count). The van der Waals surface area contributed by atoms with Crippen LogP contribution in [-0.2, 0) is 4.79 Å². The number of benzene rings is 1. The van der Waals surface area contributed by atoms with E-state index < -0.39 is 0 Å². The molecule has 9 heteroatoms. The normalized spacial score (nSPS) is 11.1. The number of carbonyl (C=O) groups is 1. The van der Waals surface area contributed by atoms with Gasteiger partial charge in [-0.3, -0.25) is 14.2 Å². The molecule has 1 aromatic carbocycles. The van der Waals surface area contributed by atoms with E-state index in [1.165, 1.54) is 34.4 Å². The molecule has 0 aliphatic heterocycles. The van der Waals surface area contributed by atoms with E-state index >= 15 is 0 Å². The molecule has 0 fully saturated rings. The number of amides is 1. The third kappa shape index (κ3) is 3.73. The van der Waals surface area contributed by atoms with E-state index in [9.17, 15) is 9.59 Å². The lowest BCUT2D eigenvalue weighted by atomic mass is 10.1. The van der Waals surface area contributed by atoms with E-state index in [-0.39, 0.29) is 17.2 Å². The molecule has 0 aliphatic carbocycles. The zero-order valence-corrected chi connectivity index (χ0v) is 17.6. The summed E-state index contributed by atoms with van der Waals surface area (Å²) in [4.78, 5) is 34.1. The third-order valence-corrected chi connectivity index (χ3v) is 6.73. The molecular weight excluding hydrogens is 412 g/mol. The lowest BCUT2D eigenvalue weighted by Crippen LogP contribution is -2.22. The van der Waals surface area contributed by atoms with Gasteiger partial charge in [0, 0.05) is 11.6 Å². The summed E-state index contributed by atoms with van der Waals surface area (Å²) in [6.07, 6.45) is 1.64. The van der Waals surface area contributed by atoms with Crippen molar-refractivity contribution in [2.24, 2.45) is 0 Å². The van der Waals surface area contributed by atoms with Crippen molar-refractivity contribution in [3.8, 4) is 5.69 Å². The van der Waals surface area contributed by atoms with Gasteiger partial charge in [-0.1, -0.05) is 17.8 Å². The van der Waals surface area contributed by atoms with Crippen LogP contribution in [0.3, 0.4) is 0 Å². The quantitative estimate of drug-likeness (QED) is 0.380. The van der Waals surface area contributed by atoms with Gasteiger partial charge in [0.25, 0.3) is 5.56 Å². The Morgan fingerprint density at radius 2 is 2.04 bits per heavy atom. The smallest absolute Gasteiger partial charge is 0.276 e. The molecule has 142 valence electrons. The number of thioether (sulfide) groups is 1. The predicted molar refractivity (Wildman–Crippen MR) is 116 cm³/mol. The summed E-state index contributed by atoms with van der Waals surface area (Å²) in [7, 11) is 0. The van der Waals surface area contributed by atoms with Crippen LogP contribution in [0.2, 0.25) is 0 Å². The topological polar surface area (TPSA) is 76.9 Å². The molecular formula is C19H16N4O2S3. The molecule has 0 radical (unpaired) electrons. The first-order valence-electron chi connectivity index (χ1n) is 8.43. The van der Waals surface area contributed by atoms with Crippen molar-refractivity contribution in [2.75, 3.05) is 11.1 Å². The van der Waals surface area contributed by atoms with E-state index in [2.05, 4.69) is 15.3 Å². The van der Waals surface area contributed by atoms with Gasteiger partial charge < -0.3 is 5.32 Å². The summed E-state index contributed by atoms with van der Waals surface area (Å²) in [5.74, 6) is -0.0572. The number of thiophene rings is 1. The Bertz CT molecular complexity index is 1210. The molecule has 0 saturated heterocycles. The number of aromatic nitrogens is 3. The largest absolute Gasteiger partial charge is 0.301 e. The monoisotopic (exact) mass is 428 g/mol. The zero-order chi connectivity index (χ0) is 19.7. The minimum absolute atomic E-state index is 0.119. The molecule has 6 nitrogen and oxygen atoms in total. The predicted octanol–water partition coefficient (Wildman–Crippen LogP) is 4.25. The highest BCUT2D eigenvalue weighted by atomic mass is 32.2. The average Bonchev–Trinajstić information content (AvgIpc) is 3.34. The summed E-state index contributed by atoms with van der Waals surface area (Å²) >= 11 is 3.97. The summed E-state index contributed by atoms with van der Waals surface area (Å²) in [5.41, 5.74) is 3.52. The number of anilines is 1. The number of nitrogens with one attached hydrogen (secondary N) is 1. The van der Waals surface area contributed by atoms with Crippen LogP contribution in [-0.4, -0.2) is 26.2 Å². The maximum Gasteiger partial charge on any atom is 0.276 e. The number of fused-ring (bicyclic) bond motifs is 1. The van der Waals surface area contributed by atoms with Crippen molar-refractivity contribution in [2.45, 2.75) is 19.0 Å². The van der Waals surface area contributed by atoms with Gasteiger partial charge >= 0.3 is 0 Å². The van der Waals surface area contributed by atoms with E-state index in [0.717, 1.165) is 16.8 Å². The molecule has 4 aromatic rings. The van der Waals surface area contributed by atoms with E-state index in [4.69, 9.17) is 0 Å². The number of rotatable bonds is 5. The fourth-order valence-corrected chi connectivity index (χ4v) is 4.77.